The van der Waals surface area contributed by atoms with Gasteiger partial charge >= 0.3 is 0 Å². The number of piperazine rings is 1. The van der Waals surface area contributed by atoms with E-state index >= 15 is 0 Å². The first-order valence-corrected chi connectivity index (χ1v) is 11.7. The number of nitrogens with one attached hydrogen (secondary N) is 1. The molecule has 1 aromatic heterocycles. The number of ether oxygens (including phenoxy) is 2. The van der Waals surface area contributed by atoms with E-state index in [1.165, 1.54) is 9.78 Å². The topological polar surface area (TPSA) is 46.5 Å². The zero-order chi connectivity index (χ0) is 20.8. The lowest BCUT2D eigenvalue weighted by Crippen LogP contribution is -3.13. The van der Waals surface area contributed by atoms with Crippen molar-refractivity contribution in [2.75, 3.05) is 57.9 Å². The lowest BCUT2D eigenvalue weighted by Gasteiger charge is -2.37. The smallest absolute Gasteiger partial charge is 0.277 e. The van der Waals surface area contributed by atoms with E-state index in [9.17, 15) is 4.79 Å². The zero-order valence-electron chi connectivity index (χ0n) is 17.7. The predicted molar refractivity (Wildman–Crippen MR) is 119 cm³/mol. The van der Waals surface area contributed by atoms with E-state index in [1.807, 2.05) is 23.1 Å². The second kappa shape index (κ2) is 10.3. The quantitative estimate of drug-likeness (QED) is 0.692. The van der Waals surface area contributed by atoms with Gasteiger partial charge in [0.1, 0.15) is 24.9 Å². The van der Waals surface area contributed by atoms with Crippen LogP contribution in [-0.2, 0) is 16.1 Å². The van der Waals surface area contributed by atoms with Crippen molar-refractivity contribution in [2.24, 2.45) is 0 Å². The number of anilines is 1. The summed E-state index contributed by atoms with van der Waals surface area (Å²) in [6, 6.07) is 12.3. The summed E-state index contributed by atoms with van der Waals surface area (Å²) in [6.07, 6.45) is 2.53. The highest BCUT2D eigenvalue weighted by Crippen LogP contribution is 2.28. The maximum absolute atomic E-state index is 13.1. The first-order chi connectivity index (χ1) is 14.7. The molecule has 2 aliphatic rings. The molecule has 6 nitrogen and oxygen atoms in total. The fourth-order valence-corrected chi connectivity index (χ4v) is 5.18. The molecule has 162 valence electrons. The molecule has 2 aliphatic heterocycles. The molecular formula is C23H32N3O3S+. The van der Waals surface area contributed by atoms with Crippen LogP contribution >= 0.6 is 11.3 Å². The van der Waals surface area contributed by atoms with Gasteiger partial charge in [0, 0.05) is 32.8 Å². The Bertz CT molecular complexity index is 800. The molecule has 30 heavy (non-hydrogen) atoms. The number of rotatable bonds is 8. The van der Waals surface area contributed by atoms with Crippen LogP contribution in [0.4, 0.5) is 5.69 Å². The average molecular weight is 431 g/mol. The van der Waals surface area contributed by atoms with Crippen LogP contribution in [0.1, 0.15) is 17.7 Å². The highest BCUT2D eigenvalue weighted by Gasteiger charge is 2.28. The van der Waals surface area contributed by atoms with Gasteiger partial charge in [0.05, 0.1) is 17.7 Å². The third-order valence-corrected chi connectivity index (χ3v) is 6.88. The Morgan fingerprint density at radius 1 is 1.20 bits per heavy atom. The summed E-state index contributed by atoms with van der Waals surface area (Å²) >= 11 is 1.77. The van der Waals surface area contributed by atoms with Gasteiger partial charge in [-0.05, 0) is 36.4 Å². The number of amides is 1. The van der Waals surface area contributed by atoms with Gasteiger partial charge < -0.3 is 24.2 Å². The Hall–Kier alpha value is -2.09. The molecule has 0 spiro atoms. The highest BCUT2D eigenvalue weighted by molar-refractivity contribution is 7.09. The molecule has 2 aromatic rings. The maximum Gasteiger partial charge on any atom is 0.277 e. The van der Waals surface area contributed by atoms with Crippen LogP contribution in [0.2, 0.25) is 0 Å². The molecule has 2 atom stereocenters. The molecule has 1 unspecified atom stereocenters. The van der Waals surface area contributed by atoms with E-state index in [-0.39, 0.29) is 12.0 Å². The van der Waals surface area contributed by atoms with Crippen LogP contribution in [0.3, 0.4) is 0 Å². The molecule has 0 radical (unpaired) electrons. The normalized spacial score (nSPS) is 20.4. The molecule has 2 fully saturated rings. The number of quaternary nitrogens is 1. The molecule has 7 heteroatoms. The fraction of sp³-hybridized carbons (Fsp3) is 0.522. The molecular weight excluding hydrogens is 398 g/mol. The number of nitrogens with zero attached hydrogens (tertiary/aromatic N) is 2. The number of carbonyl (C=O) groups excluding carboxylic acids is 1. The molecule has 1 aromatic carbocycles. The molecule has 1 N–H and O–H groups in total. The number of methoxy groups -OCH3 is 1. The van der Waals surface area contributed by atoms with Gasteiger partial charge in [0.2, 0.25) is 0 Å². The first kappa shape index (κ1) is 21.2. The summed E-state index contributed by atoms with van der Waals surface area (Å²) in [5.41, 5.74) is 1.11. The summed E-state index contributed by atoms with van der Waals surface area (Å²) in [6.45, 7) is 6.36. The summed E-state index contributed by atoms with van der Waals surface area (Å²) in [5.74, 6) is 1.14. The van der Waals surface area contributed by atoms with Crippen molar-refractivity contribution >= 4 is 22.9 Å². The van der Waals surface area contributed by atoms with Gasteiger partial charge in [-0.25, -0.2) is 0 Å². The monoisotopic (exact) mass is 430 g/mol. The minimum atomic E-state index is 0.249. The van der Waals surface area contributed by atoms with Gasteiger partial charge in [0.25, 0.3) is 5.91 Å². The first-order valence-electron chi connectivity index (χ1n) is 10.9. The van der Waals surface area contributed by atoms with Crippen molar-refractivity contribution in [2.45, 2.75) is 25.5 Å². The number of hydrogen-bond acceptors (Lipinski definition) is 5. The number of hydrogen-bond donors (Lipinski definition) is 1. The molecule has 2 saturated heterocycles. The van der Waals surface area contributed by atoms with Crippen molar-refractivity contribution in [3.05, 3.63) is 46.7 Å². The zero-order valence-corrected chi connectivity index (χ0v) is 18.5. The van der Waals surface area contributed by atoms with Crippen LogP contribution in [0.5, 0.6) is 5.75 Å². The largest absolute Gasteiger partial charge is 0.495 e. The van der Waals surface area contributed by atoms with Crippen LogP contribution in [0, 0.1) is 0 Å². The molecule has 1 amide bonds. The third kappa shape index (κ3) is 5.33. The van der Waals surface area contributed by atoms with Crippen LogP contribution in [0.15, 0.2) is 41.8 Å². The van der Waals surface area contributed by atoms with E-state index in [1.54, 1.807) is 18.4 Å². The van der Waals surface area contributed by atoms with Crippen molar-refractivity contribution in [1.82, 2.24) is 4.90 Å². The summed E-state index contributed by atoms with van der Waals surface area (Å²) in [4.78, 5) is 20.1. The van der Waals surface area contributed by atoms with E-state index in [0.717, 1.165) is 70.2 Å². The van der Waals surface area contributed by atoms with Crippen molar-refractivity contribution < 1.29 is 19.2 Å². The summed E-state index contributed by atoms with van der Waals surface area (Å²) in [5, 5.41) is 2.11. The van der Waals surface area contributed by atoms with Crippen molar-refractivity contribution in [3.63, 3.8) is 0 Å². The Labute approximate surface area is 183 Å². The third-order valence-electron chi connectivity index (χ3n) is 6.00. The highest BCUT2D eigenvalue weighted by atomic mass is 32.1. The average Bonchev–Trinajstić information content (AvgIpc) is 3.48. The lowest BCUT2D eigenvalue weighted by molar-refractivity contribution is -0.908. The summed E-state index contributed by atoms with van der Waals surface area (Å²) < 4.78 is 11.4. The second-order valence-corrected chi connectivity index (χ2v) is 9.09. The molecule has 0 bridgehead atoms. The SMILES string of the molecule is COc1ccccc1N1CCN(C(=O)C[NH+](Cc2cccs2)C[C@H]2CCCO2)CC1. The number of benzene rings is 1. The summed E-state index contributed by atoms with van der Waals surface area (Å²) in [7, 11) is 1.71. The lowest BCUT2D eigenvalue weighted by atomic mass is 10.2. The number of carbonyl (C=O) groups is 1. The fourth-order valence-electron chi connectivity index (χ4n) is 4.41. The predicted octanol–water partition coefficient (Wildman–Crippen LogP) is 1.67. The van der Waals surface area contributed by atoms with Crippen LogP contribution in [-0.4, -0.2) is 69.9 Å². The van der Waals surface area contributed by atoms with E-state index in [4.69, 9.17) is 9.47 Å². The maximum atomic E-state index is 13.1. The molecule has 0 aliphatic carbocycles. The van der Waals surface area contributed by atoms with Gasteiger partial charge in [-0.1, -0.05) is 18.2 Å². The van der Waals surface area contributed by atoms with Crippen molar-refractivity contribution in [3.8, 4) is 5.75 Å². The standard InChI is InChI=1S/C23H31N3O3S/c1-28-22-9-3-2-8-21(22)25-10-12-26(13-11-25)23(27)18-24(16-19-6-4-14-29-19)17-20-7-5-15-30-20/h2-3,5,7-9,15,19H,4,6,10-14,16-18H2,1H3/p+1/t19-/m1/s1. The van der Waals surface area contributed by atoms with Gasteiger partial charge in [-0.3, -0.25) is 4.79 Å². The Morgan fingerprint density at radius 3 is 2.73 bits per heavy atom. The Morgan fingerprint density at radius 2 is 2.03 bits per heavy atom. The van der Waals surface area contributed by atoms with E-state index in [2.05, 4.69) is 28.5 Å². The Kier molecular flexibility index (Phi) is 7.25. The molecule has 3 heterocycles. The minimum Gasteiger partial charge on any atom is -0.495 e. The Balaban J connectivity index is 1.33. The second-order valence-electron chi connectivity index (χ2n) is 8.06. The number of para-hydroxylation sites is 2. The number of thiophene rings is 1. The van der Waals surface area contributed by atoms with E-state index < -0.39 is 0 Å². The molecule has 0 saturated carbocycles. The van der Waals surface area contributed by atoms with Crippen LogP contribution in [0.25, 0.3) is 0 Å². The van der Waals surface area contributed by atoms with Crippen molar-refractivity contribution in [1.29, 1.82) is 0 Å². The molecule has 4 rings (SSSR count). The van der Waals surface area contributed by atoms with Gasteiger partial charge in [-0.15, -0.1) is 11.3 Å². The van der Waals surface area contributed by atoms with Gasteiger partial charge in [0.15, 0.2) is 6.54 Å². The van der Waals surface area contributed by atoms with Crippen LogP contribution < -0.4 is 14.5 Å². The van der Waals surface area contributed by atoms with E-state index in [0.29, 0.717) is 6.54 Å². The van der Waals surface area contributed by atoms with Gasteiger partial charge in [-0.2, -0.15) is 0 Å². The minimum absolute atomic E-state index is 0.249.